The first-order valence-corrected chi connectivity index (χ1v) is 24.7. The molecule has 0 aliphatic carbocycles. The molecule has 0 fully saturated rings. The highest BCUT2D eigenvalue weighted by Gasteiger charge is 2.19. The van der Waals surface area contributed by atoms with Crippen molar-refractivity contribution >= 4 is 17.9 Å². The van der Waals surface area contributed by atoms with E-state index in [-0.39, 0.29) is 31.1 Å². The summed E-state index contributed by atoms with van der Waals surface area (Å²) in [5.41, 5.74) is 0. The van der Waals surface area contributed by atoms with Crippen molar-refractivity contribution in [2.45, 2.75) is 278 Å². The number of ether oxygens (including phenoxy) is 3. The van der Waals surface area contributed by atoms with Crippen LogP contribution < -0.4 is 0 Å². The average Bonchev–Trinajstić information content (AvgIpc) is 3.16. The van der Waals surface area contributed by atoms with Gasteiger partial charge in [0.15, 0.2) is 6.10 Å². The standard InChI is InChI=1S/C50H96O6/c1-6-7-8-9-10-18-27-32-37-42-50(53)56-47(44-55-49(52)41-36-31-26-22-17-20-24-29-34-39-46(4)5)43-54-48(51)40-35-30-25-21-16-14-12-11-13-15-19-23-28-33-38-45(2)3/h45-47H,6-44H2,1-5H3/t47-/m0/s1. The molecule has 332 valence electrons. The second kappa shape index (κ2) is 43.0. The van der Waals surface area contributed by atoms with Gasteiger partial charge in [0.2, 0.25) is 0 Å². The van der Waals surface area contributed by atoms with Crippen LogP contribution in [-0.4, -0.2) is 37.2 Å². The number of unbranched alkanes of at least 4 members (excludes halogenated alkanes) is 29. The van der Waals surface area contributed by atoms with Crippen molar-refractivity contribution in [3.05, 3.63) is 0 Å². The van der Waals surface area contributed by atoms with Gasteiger partial charge in [-0.1, -0.05) is 234 Å². The monoisotopic (exact) mass is 793 g/mol. The molecule has 6 heteroatoms. The maximum Gasteiger partial charge on any atom is 0.306 e. The minimum Gasteiger partial charge on any atom is -0.462 e. The first kappa shape index (κ1) is 54.4. The predicted molar refractivity (Wildman–Crippen MR) is 238 cm³/mol. The third-order valence-electron chi connectivity index (χ3n) is 11.2. The fourth-order valence-electron chi connectivity index (χ4n) is 7.46. The van der Waals surface area contributed by atoms with Gasteiger partial charge in [0.05, 0.1) is 0 Å². The van der Waals surface area contributed by atoms with Crippen LogP contribution in [0, 0.1) is 11.8 Å². The minimum absolute atomic E-state index is 0.0643. The zero-order chi connectivity index (χ0) is 41.2. The van der Waals surface area contributed by atoms with Crippen LogP contribution in [0.2, 0.25) is 0 Å². The third-order valence-corrected chi connectivity index (χ3v) is 11.2. The van der Waals surface area contributed by atoms with Crippen LogP contribution in [0.3, 0.4) is 0 Å². The van der Waals surface area contributed by atoms with Crippen molar-refractivity contribution < 1.29 is 28.6 Å². The van der Waals surface area contributed by atoms with E-state index in [1.54, 1.807) is 0 Å². The Labute approximate surface area is 348 Å². The van der Waals surface area contributed by atoms with E-state index in [0.717, 1.165) is 69.6 Å². The Kier molecular flexibility index (Phi) is 41.8. The van der Waals surface area contributed by atoms with Crippen molar-refractivity contribution in [1.29, 1.82) is 0 Å². The minimum atomic E-state index is -0.760. The Hall–Kier alpha value is -1.59. The number of carbonyl (C=O) groups excluding carboxylic acids is 3. The molecule has 0 N–H and O–H groups in total. The van der Waals surface area contributed by atoms with Crippen LogP contribution in [0.1, 0.15) is 272 Å². The van der Waals surface area contributed by atoms with Crippen molar-refractivity contribution in [1.82, 2.24) is 0 Å². The molecule has 0 saturated carbocycles. The zero-order valence-corrected chi connectivity index (χ0v) is 38.3. The second-order valence-electron chi connectivity index (χ2n) is 18.1. The summed E-state index contributed by atoms with van der Waals surface area (Å²) in [4.78, 5) is 37.8. The maximum atomic E-state index is 12.7. The van der Waals surface area contributed by atoms with E-state index >= 15 is 0 Å². The van der Waals surface area contributed by atoms with E-state index in [2.05, 4.69) is 34.6 Å². The summed E-state index contributed by atoms with van der Waals surface area (Å²) < 4.78 is 16.7. The van der Waals surface area contributed by atoms with Crippen LogP contribution in [-0.2, 0) is 28.6 Å². The number of hydrogen-bond donors (Lipinski definition) is 0. The van der Waals surface area contributed by atoms with E-state index in [1.165, 1.54) is 161 Å². The SMILES string of the molecule is CCCCCCCCCCCC(=O)O[C@@H](COC(=O)CCCCCCCCCCCCCCCCC(C)C)COC(=O)CCCCCCCCCCCC(C)C. The van der Waals surface area contributed by atoms with Crippen LogP contribution >= 0.6 is 0 Å². The van der Waals surface area contributed by atoms with Gasteiger partial charge in [-0.15, -0.1) is 0 Å². The van der Waals surface area contributed by atoms with Crippen molar-refractivity contribution in [2.75, 3.05) is 13.2 Å². The van der Waals surface area contributed by atoms with Gasteiger partial charge in [-0.25, -0.2) is 0 Å². The molecule has 56 heavy (non-hydrogen) atoms. The Morgan fingerprint density at radius 2 is 0.589 bits per heavy atom. The van der Waals surface area contributed by atoms with E-state index < -0.39 is 6.10 Å². The summed E-state index contributed by atoms with van der Waals surface area (Å²) in [5, 5.41) is 0. The molecule has 0 aromatic carbocycles. The highest BCUT2D eigenvalue weighted by molar-refractivity contribution is 5.71. The molecule has 0 aliphatic rings. The Morgan fingerprint density at radius 1 is 0.339 bits per heavy atom. The molecular formula is C50H96O6. The average molecular weight is 793 g/mol. The molecule has 0 spiro atoms. The van der Waals surface area contributed by atoms with Gasteiger partial charge >= 0.3 is 17.9 Å². The van der Waals surface area contributed by atoms with Gasteiger partial charge < -0.3 is 14.2 Å². The smallest absolute Gasteiger partial charge is 0.306 e. The molecule has 0 aromatic heterocycles. The first-order valence-electron chi connectivity index (χ1n) is 24.7. The summed E-state index contributed by atoms with van der Waals surface area (Å²) in [6, 6.07) is 0. The summed E-state index contributed by atoms with van der Waals surface area (Å²) in [6.07, 6.45) is 42.4. The Balaban J connectivity index is 4.24. The normalized spacial score (nSPS) is 12.1. The number of esters is 3. The summed E-state index contributed by atoms with van der Waals surface area (Å²) in [5.74, 6) is 0.799. The lowest BCUT2D eigenvalue weighted by atomic mass is 10.0. The van der Waals surface area contributed by atoms with E-state index in [9.17, 15) is 14.4 Å². The number of carbonyl (C=O) groups is 3. The summed E-state index contributed by atoms with van der Waals surface area (Å²) in [6.45, 7) is 11.3. The van der Waals surface area contributed by atoms with Gasteiger partial charge in [-0.2, -0.15) is 0 Å². The molecule has 0 bridgehead atoms. The largest absolute Gasteiger partial charge is 0.462 e. The molecule has 0 rings (SSSR count). The Morgan fingerprint density at radius 3 is 0.875 bits per heavy atom. The third kappa shape index (κ3) is 43.5. The molecule has 0 unspecified atom stereocenters. The molecule has 0 amide bonds. The number of hydrogen-bond acceptors (Lipinski definition) is 6. The van der Waals surface area contributed by atoms with Gasteiger partial charge in [-0.3, -0.25) is 14.4 Å². The van der Waals surface area contributed by atoms with Crippen LogP contribution in [0.25, 0.3) is 0 Å². The molecule has 0 aromatic rings. The highest BCUT2D eigenvalue weighted by Crippen LogP contribution is 2.17. The zero-order valence-electron chi connectivity index (χ0n) is 38.3. The lowest BCUT2D eigenvalue weighted by Gasteiger charge is -2.18. The van der Waals surface area contributed by atoms with Gasteiger partial charge in [0, 0.05) is 19.3 Å². The van der Waals surface area contributed by atoms with Crippen molar-refractivity contribution in [2.24, 2.45) is 11.8 Å². The van der Waals surface area contributed by atoms with Crippen molar-refractivity contribution in [3.63, 3.8) is 0 Å². The first-order chi connectivity index (χ1) is 27.2. The Bertz CT molecular complexity index is 854. The van der Waals surface area contributed by atoms with Gasteiger partial charge in [-0.05, 0) is 31.1 Å². The quantitative estimate of drug-likeness (QED) is 0.0347. The van der Waals surface area contributed by atoms with Gasteiger partial charge in [0.1, 0.15) is 13.2 Å². The molecular weight excluding hydrogens is 697 g/mol. The summed E-state index contributed by atoms with van der Waals surface area (Å²) >= 11 is 0. The molecule has 0 saturated heterocycles. The van der Waals surface area contributed by atoms with Crippen LogP contribution in [0.4, 0.5) is 0 Å². The molecule has 6 nitrogen and oxygen atoms in total. The second-order valence-corrected chi connectivity index (χ2v) is 18.1. The van der Waals surface area contributed by atoms with Crippen molar-refractivity contribution in [3.8, 4) is 0 Å². The van der Waals surface area contributed by atoms with Crippen LogP contribution in [0.15, 0.2) is 0 Å². The highest BCUT2D eigenvalue weighted by atomic mass is 16.6. The maximum absolute atomic E-state index is 12.7. The molecule has 0 heterocycles. The van der Waals surface area contributed by atoms with Crippen LogP contribution in [0.5, 0.6) is 0 Å². The number of rotatable bonds is 44. The summed E-state index contributed by atoms with van der Waals surface area (Å²) in [7, 11) is 0. The topological polar surface area (TPSA) is 78.9 Å². The molecule has 0 aliphatic heterocycles. The lowest BCUT2D eigenvalue weighted by Crippen LogP contribution is -2.30. The fraction of sp³-hybridized carbons (Fsp3) is 0.940. The molecule has 1 atom stereocenters. The van der Waals surface area contributed by atoms with E-state index in [4.69, 9.17) is 14.2 Å². The predicted octanol–water partition coefficient (Wildman–Crippen LogP) is 15.8. The molecule has 0 radical (unpaired) electrons. The van der Waals surface area contributed by atoms with E-state index in [0.29, 0.717) is 19.3 Å². The van der Waals surface area contributed by atoms with E-state index in [1.807, 2.05) is 0 Å². The van der Waals surface area contributed by atoms with Gasteiger partial charge in [0.25, 0.3) is 0 Å². The fourth-order valence-corrected chi connectivity index (χ4v) is 7.46. The lowest BCUT2D eigenvalue weighted by molar-refractivity contribution is -0.167.